The Bertz CT molecular complexity index is 771. The average molecular weight is 378 g/mol. The molecule has 26 heavy (non-hydrogen) atoms. The van der Waals surface area contributed by atoms with Crippen molar-refractivity contribution in [3.63, 3.8) is 0 Å². The van der Waals surface area contributed by atoms with Crippen LogP contribution in [0.1, 0.15) is 17.5 Å². The molecule has 3 rings (SSSR count). The van der Waals surface area contributed by atoms with Crippen LogP contribution < -0.4 is 10.1 Å². The van der Waals surface area contributed by atoms with Gasteiger partial charge in [0.2, 0.25) is 0 Å². The van der Waals surface area contributed by atoms with E-state index in [1.54, 1.807) is 40.1 Å². The Kier molecular flexibility index (Phi) is 5.68. The molecule has 1 aliphatic rings. The fourth-order valence-corrected chi connectivity index (χ4v) is 2.96. The third kappa shape index (κ3) is 4.11. The van der Waals surface area contributed by atoms with Crippen molar-refractivity contribution < 1.29 is 18.7 Å². The lowest BCUT2D eigenvalue weighted by Gasteiger charge is -2.34. The molecule has 3 amide bonds. The molecule has 0 aliphatic carbocycles. The van der Waals surface area contributed by atoms with Crippen molar-refractivity contribution in [1.29, 1.82) is 0 Å². The van der Waals surface area contributed by atoms with Crippen LogP contribution in [0.3, 0.4) is 0 Å². The molecule has 0 unspecified atom stereocenters. The zero-order valence-electron chi connectivity index (χ0n) is 14.4. The Morgan fingerprint density at radius 3 is 2.54 bits per heavy atom. The largest absolute Gasteiger partial charge is 0.492 e. The maximum atomic E-state index is 12.4. The number of amides is 3. The number of urea groups is 1. The number of anilines is 1. The molecule has 138 valence electrons. The van der Waals surface area contributed by atoms with E-state index in [-0.39, 0.29) is 11.9 Å². The van der Waals surface area contributed by atoms with Crippen molar-refractivity contribution in [2.75, 3.05) is 38.1 Å². The number of carbonyl (C=O) groups excluding carboxylic acids is 2. The normalized spacial score (nSPS) is 14.2. The van der Waals surface area contributed by atoms with Gasteiger partial charge in [-0.05, 0) is 37.3 Å². The zero-order chi connectivity index (χ0) is 18.5. The van der Waals surface area contributed by atoms with Crippen LogP contribution in [0.15, 0.2) is 41.0 Å². The van der Waals surface area contributed by atoms with Gasteiger partial charge in [-0.3, -0.25) is 4.79 Å². The van der Waals surface area contributed by atoms with E-state index in [9.17, 15) is 9.59 Å². The van der Waals surface area contributed by atoms with Crippen LogP contribution in [-0.2, 0) is 0 Å². The summed E-state index contributed by atoms with van der Waals surface area (Å²) in [7, 11) is 0. The van der Waals surface area contributed by atoms with Gasteiger partial charge in [0.1, 0.15) is 5.75 Å². The minimum absolute atomic E-state index is 0.159. The number of ether oxygens (including phenoxy) is 1. The summed E-state index contributed by atoms with van der Waals surface area (Å²) in [5.41, 5.74) is 0.595. The van der Waals surface area contributed by atoms with Gasteiger partial charge >= 0.3 is 6.03 Å². The predicted molar refractivity (Wildman–Crippen MR) is 97.8 cm³/mol. The Labute approximate surface area is 156 Å². The quantitative estimate of drug-likeness (QED) is 0.886. The van der Waals surface area contributed by atoms with Crippen molar-refractivity contribution in [3.8, 4) is 5.75 Å². The fraction of sp³-hybridized carbons (Fsp3) is 0.333. The second-order valence-electron chi connectivity index (χ2n) is 5.76. The minimum Gasteiger partial charge on any atom is -0.492 e. The van der Waals surface area contributed by atoms with E-state index in [4.69, 9.17) is 20.8 Å². The summed E-state index contributed by atoms with van der Waals surface area (Å²) in [6, 6.07) is 8.21. The molecule has 0 radical (unpaired) electrons. The zero-order valence-corrected chi connectivity index (χ0v) is 15.2. The Morgan fingerprint density at radius 1 is 1.19 bits per heavy atom. The Balaban J connectivity index is 1.54. The number of piperazine rings is 1. The number of benzene rings is 1. The molecule has 1 aromatic carbocycles. The average Bonchev–Trinajstić information content (AvgIpc) is 3.18. The van der Waals surface area contributed by atoms with Crippen molar-refractivity contribution in [1.82, 2.24) is 9.80 Å². The first kappa shape index (κ1) is 18.1. The van der Waals surface area contributed by atoms with Crippen LogP contribution in [0.4, 0.5) is 10.5 Å². The second-order valence-corrected chi connectivity index (χ2v) is 6.17. The molecule has 1 saturated heterocycles. The van der Waals surface area contributed by atoms with Crippen LogP contribution in [0, 0.1) is 0 Å². The van der Waals surface area contributed by atoms with E-state index in [0.717, 1.165) is 0 Å². The van der Waals surface area contributed by atoms with Gasteiger partial charge in [0.15, 0.2) is 5.76 Å². The van der Waals surface area contributed by atoms with Crippen molar-refractivity contribution in [2.24, 2.45) is 0 Å². The summed E-state index contributed by atoms with van der Waals surface area (Å²) < 4.78 is 10.5. The van der Waals surface area contributed by atoms with Gasteiger partial charge in [0.05, 0.1) is 17.9 Å². The van der Waals surface area contributed by atoms with Crippen LogP contribution in [-0.4, -0.2) is 54.5 Å². The molecular weight excluding hydrogens is 358 g/mol. The molecule has 0 spiro atoms. The topological polar surface area (TPSA) is 75.0 Å². The number of hydrogen-bond acceptors (Lipinski definition) is 4. The van der Waals surface area contributed by atoms with Gasteiger partial charge in [0.25, 0.3) is 5.91 Å². The highest BCUT2D eigenvalue weighted by molar-refractivity contribution is 6.32. The van der Waals surface area contributed by atoms with E-state index in [2.05, 4.69) is 5.32 Å². The van der Waals surface area contributed by atoms with Gasteiger partial charge in [0, 0.05) is 31.9 Å². The third-order valence-electron chi connectivity index (χ3n) is 4.07. The summed E-state index contributed by atoms with van der Waals surface area (Å²) in [5.74, 6) is 0.734. The lowest BCUT2D eigenvalue weighted by Crippen LogP contribution is -2.51. The monoisotopic (exact) mass is 377 g/mol. The molecule has 1 aliphatic heterocycles. The van der Waals surface area contributed by atoms with Crippen LogP contribution >= 0.6 is 11.6 Å². The number of furan rings is 1. The van der Waals surface area contributed by atoms with E-state index in [1.165, 1.54) is 6.26 Å². The van der Waals surface area contributed by atoms with Crippen molar-refractivity contribution >= 4 is 29.2 Å². The van der Waals surface area contributed by atoms with Gasteiger partial charge in [-0.2, -0.15) is 0 Å². The third-order valence-corrected chi connectivity index (χ3v) is 4.36. The molecule has 0 saturated carbocycles. The molecule has 1 fully saturated rings. The molecule has 2 heterocycles. The summed E-state index contributed by atoms with van der Waals surface area (Å²) in [6.07, 6.45) is 1.47. The number of halogens is 1. The van der Waals surface area contributed by atoms with Crippen LogP contribution in [0.25, 0.3) is 0 Å². The van der Waals surface area contributed by atoms with E-state index in [1.807, 2.05) is 6.92 Å². The van der Waals surface area contributed by atoms with E-state index < -0.39 is 0 Å². The number of carbonyl (C=O) groups is 2. The highest BCUT2D eigenvalue weighted by Gasteiger charge is 2.26. The van der Waals surface area contributed by atoms with Crippen LogP contribution in [0.5, 0.6) is 5.75 Å². The lowest BCUT2D eigenvalue weighted by molar-refractivity contribution is 0.0640. The number of nitrogens with zero attached hydrogens (tertiary/aromatic N) is 2. The van der Waals surface area contributed by atoms with E-state index >= 15 is 0 Å². The maximum absolute atomic E-state index is 12.4. The molecule has 2 aromatic rings. The van der Waals surface area contributed by atoms with Gasteiger partial charge < -0.3 is 24.3 Å². The summed E-state index contributed by atoms with van der Waals surface area (Å²) in [4.78, 5) is 28.0. The maximum Gasteiger partial charge on any atom is 0.321 e. The Hall–Kier alpha value is -2.67. The molecule has 0 bridgehead atoms. The smallest absolute Gasteiger partial charge is 0.321 e. The fourth-order valence-electron chi connectivity index (χ4n) is 2.72. The highest BCUT2D eigenvalue weighted by Crippen LogP contribution is 2.27. The predicted octanol–water partition coefficient (Wildman–Crippen LogP) is 3.32. The van der Waals surface area contributed by atoms with Crippen molar-refractivity contribution in [3.05, 3.63) is 47.4 Å². The van der Waals surface area contributed by atoms with Gasteiger partial charge in [-0.15, -0.1) is 0 Å². The lowest BCUT2D eigenvalue weighted by atomic mass is 10.3. The first-order valence-corrected chi connectivity index (χ1v) is 8.77. The first-order valence-electron chi connectivity index (χ1n) is 8.39. The number of nitrogens with one attached hydrogen (secondary N) is 1. The molecule has 0 atom stereocenters. The molecule has 7 nitrogen and oxygen atoms in total. The van der Waals surface area contributed by atoms with Gasteiger partial charge in [-0.25, -0.2) is 4.79 Å². The molecule has 1 N–H and O–H groups in total. The van der Waals surface area contributed by atoms with Gasteiger partial charge in [-0.1, -0.05) is 11.6 Å². The summed E-state index contributed by atoms with van der Waals surface area (Å²) in [5, 5.41) is 3.26. The van der Waals surface area contributed by atoms with E-state index in [0.29, 0.717) is 55.0 Å². The number of hydrogen-bond donors (Lipinski definition) is 1. The molecule has 1 aromatic heterocycles. The number of rotatable bonds is 4. The van der Waals surface area contributed by atoms with Crippen molar-refractivity contribution in [2.45, 2.75) is 6.92 Å². The standard InChI is InChI=1S/C18H20ClN3O4/c1-2-25-15-6-5-13(12-14(15)19)20-18(24)22-9-7-21(8-10-22)17(23)16-4-3-11-26-16/h3-6,11-12H,2,7-10H2,1H3,(H,20,24). The van der Waals surface area contributed by atoms with Crippen LogP contribution in [0.2, 0.25) is 5.02 Å². The molecule has 8 heteroatoms. The first-order chi connectivity index (χ1) is 12.6. The highest BCUT2D eigenvalue weighted by atomic mass is 35.5. The summed E-state index contributed by atoms with van der Waals surface area (Å²) >= 11 is 6.14. The summed E-state index contributed by atoms with van der Waals surface area (Å²) in [6.45, 7) is 4.20. The minimum atomic E-state index is -0.227. The second kappa shape index (κ2) is 8.14. The molecular formula is C18H20ClN3O4. The SMILES string of the molecule is CCOc1ccc(NC(=O)N2CCN(C(=O)c3ccco3)CC2)cc1Cl. The Morgan fingerprint density at radius 2 is 1.92 bits per heavy atom.